The molecule has 1 N–H and O–H groups in total. The molecule has 8 heavy (non-hydrogen) atoms. The maximum atomic E-state index is 5.00. The highest BCUT2D eigenvalue weighted by Gasteiger charge is 2.21. The second kappa shape index (κ2) is 2.46. The molecule has 0 amide bonds. The lowest BCUT2D eigenvalue weighted by atomic mass is 10.4. The Balaban J connectivity index is 1.87. The summed E-state index contributed by atoms with van der Waals surface area (Å²) in [6, 6.07) is 0.596. The summed E-state index contributed by atoms with van der Waals surface area (Å²) in [6.45, 7) is 6.27. The first kappa shape index (κ1) is 6.05. The highest BCUT2D eigenvalue weighted by atomic mass is 16.6. The lowest BCUT2D eigenvalue weighted by Crippen LogP contribution is -2.26. The fraction of sp³-hybridized carbons (Fsp3) is 1.00. The lowest BCUT2D eigenvalue weighted by Gasteiger charge is -2.03. The second-order valence-electron chi connectivity index (χ2n) is 2.52. The molecule has 0 aromatic rings. The van der Waals surface area contributed by atoms with Gasteiger partial charge in [-0.3, -0.25) is 0 Å². The largest absolute Gasteiger partial charge is 0.372 e. The molecule has 48 valence electrons. The van der Waals surface area contributed by atoms with Crippen LogP contribution in [0.5, 0.6) is 0 Å². The third-order valence-corrected chi connectivity index (χ3v) is 1.16. The van der Waals surface area contributed by atoms with Crippen molar-refractivity contribution < 1.29 is 4.74 Å². The van der Waals surface area contributed by atoms with E-state index in [1.807, 2.05) is 0 Å². The number of hydrogen-bond donors (Lipinski definition) is 1. The first-order valence-corrected chi connectivity index (χ1v) is 3.14. The van der Waals surface area contributed by atoms with Gasteiger partial charge in [-0.1, -0.05) is 13.8 Å². The van der Waals surface area contributed by atoms with Gasteiger partial charge in [0.15, 0.2) is 0 Å². The summed E-state index contributed by atoms with van der Waals surface area (Å²) >= 11 is 0. The smallest absolute Gasteiger partial charge is 0.0934 e. The van der Waals surface area contributed by atoms with E-state index in [0.29, 0.717) is 12.1 Å². The van der Waals surface area contributed by atoms with Crippen LogP contribution in [0.4, 0.5) is 0 Å². The predicted molar refractivity (Wildman–Crippen MR) is 32.9 cm³/mol. The number of hydrogen-bond acceptors (Lipinski definition) is 2. The van der Waals surface area contributed by atoms with E-state index in [1.54, 1.807) is 0 Å². The van der Waals surface area contributed by atoms with Gasteiger partial charge < -0.3 is 10.1 Å². The van der Waals surface area contributed by atoms with Crippen molar-refractivity contribution in [3.8, 4) is 0 Å². The van der Waals surface area contributed by atoms with E-state index in [-0.39, 0.29) is 0 Å². The molecule has 0 aromatic heterocycles. The van der Waals surface area contributed by atoms with E-state index in [0.717, 1.165) is 13.2 Å². The molecule has 1 rings (SSSR count). The predicted octanol–water partition coefficient (Wildman–Crippen LogP) is 0.383. The first-order chi connectivity index (χ1) is 3.79. The molecule has 1 saturated heterocycles. The van der Waals surface area contributed by atoms with Crippen molar-refractivity contribution in [2.75, 3.05) is 13.2 Å². The molecule has 2 nitrogen and oxygen atoms in total. The minimum Gasteiger partial charge on any atom is -0.372 e. The monoisotopic (exact) mass is 115 g/mol. The zero-order chi connectivity index (χ0) is 5.98. The molecule has 0 saturated carbocycles. The van der Waals surface area contributed by atoms with E-state index in [4.69, 9.17) is 4.74 Å². The summed E-state index contributed by atoms with van der Waals surface area (Å²) in [5.41, 5.74) is 0. The zero-order valence-corrected chi connectivity index (χ0v) is 5.48. The van der Waals surface area contributed by atoms with Gasteiger partial charge >= 0.3 is 0 Å². The van der Waals surface area contributed by atoms with Crippen LogP contribution in [-0.2, 0) is 4.74 Å². The van der Waals surface area contributed by atoms with E-state index < -0.39 is 0 Å². The molecule has 2 heteroatoms. The molecule has 0 aromatic carbocycles. The molecule has 0 radical (unpaired) electrons. The quantitative estimate of drug-likeness (QED) is 0.538. The Hall–Kier alpha value is -0.0800. The fourth-order valence-corrected chi connectivity index (χ4v) is 0.553. The van der Waals surface area contributed by atoms with Crippen LogP contribution in [0.3, 0.4) is 0 Å². The van der Waals surface area contributed by atoms with Crippen LogP contribution in [0.1, 0.15) is 13.8 Å². The van der Waals surface area contributed by atoms with Crippen molar-refractivity contribution in [3.05, 3.63) is 0 Å². The Morgan fingerprint density at radius 2 is 2.38 bits per heavy atom. The highest BCUT2D eigenvalue weighted by molar-refractivity contribution is 4.72. The van der Waals surface area contributed by atoms with Gasteiger partial charge in [0.2, 0.25) is 0 Å². The molecule has 1 atom stereocenters. The van der Waals surface area contributed by atoms with Gasteiger partial charge in [0.1, 0.15) is 0 Å². The number of nitrogens with one attached hydrogen (secondary N) is 1. The van der Waals surface area contributed by atoms with Crippen LogP contribution in [0.2, 0.25) is 0 Å². The highest BCUT2D eigenvalue weighted by Crippen LogP contribution is 2.06. The van der Waals surface area contributed by atoms with Crippen molar-refractivity contribution in [2.45, 2.75) is 26.0 Å². The van der Waals surface area contributed by atoms with E-state index in [2.05, 4.69) is 19.2 Å². The summed E-state index contributed by atoms with van der Waals surface area (Å²) in [4.78, 5) is 0. The molecule has 1 aliphatic heterocycles. The summed E-state index contributed by atoms with van der Waals surface area (Å²) in [5.74, 6) is 0. The summed E-state index contributed by atoms with van der Waals surface area (Å²) < 4.78 is 5.00. The van der Waals surface area contributed by atoms with Crippen LogP contribution in [0.15, 0.2) is 0 Å². The van der Waals surface area contributed by atoms with Gasteiger partial charge in [-0.2, -0.15) is 0 Å². The maximum absolute atomic E-state index is 5.00. The molecule has 0 spiro atoms. The minimum atomic E-state index is 0.525. The van der Waals surface area contributed by atoms with Gasteiger partial charge in [0.05, 0.1) is 12.7 Å². The summed E-state index contributed by atoms with van der Waals surface area (Å²) in [6.07, 6.45) is 0.525. The Kier molecular flexibility index (Phi) is 1.86. The van der Waals surface area contributed by atoms with Crippen molar-refractivity contribution in [1.29, 1.82) is 0 Å². The first-order valence-electron chi connectivity index (χ1n) is 3.14. The van der Waals surface area contributed by atoms with Gasteiger partial charge in [0.25, 0.3) is 0 Å². The van der Waals surface area contributed by atoms with Crippen molar-refractivity contribution >= 4 is 0 Å². The van der Waals surface area contributed by atoms with E-state index >= 15 is 0 Å². The number of epoxide rings is 1. The third-order valence-electron chi connectivity index (χ3n) is 1.16. The van der Waals surface area contributed by atoms with Crippen LogP contribution in [-0.4, -0.2) is 25.3 Å². The average Bonchev–Trinajstić information content (AvgIpc) is 2.41. The summed E-state index contributed by atoms with van der Waals surface area (Å²) in [5, 5.41) is 3.28. The van der Waals surface area contributed by atoms with Gasteiger partial charge in [-0.15, -0.1) is 0 Å². The Morgan fingerprint density at radius 1 is 1.75 bits per heavy atom. The summed E-state index contributed by atoms with van der Waals surface area (Å²) in [7, 11) is 0. The molecule has 0 aliphatic carbocycles. The molecular weight excluding hydrogens is 102 g/mol. The van der Waals surface area contributed by atoms with E-state index in [9.17, 15) is 0 Å². The van der Waals surface area contributed by atoms with Crippen LogP contribution in [0.25, 0.3) is 0 Å². The topological polar surface area (TPSA) is 24.6 Å². The molecule has 1 aliphatic rings. The van der Waals surface area contributed by atoms with Gasteiger partial charge in [-0.05, 0) is 0 Å². The number of rotatable bonds is 3. The van der Waals surface area contributed by atoms with Gasteiger partial charge in [-0.25, -0.2) is 0 Å². The fourth-order valence-electron chi connectivity index (χ4n) is 0.553. The molecule has 0 bridgehead atoms. The lowest BCUT2D eigenvalue weighted by molar-refractivity contribution is 0.389. The van der Waals surface area contributed by atoms with Gasteiger partial charge in [0, 0.05) is 12.6 Å². The van der Waals surface area contributed by atoms with Crippen LogP contribution >= 0.6 is 0 Å². The second-order valence-corrected chi connectivity index (χ2v) is 2.52. The normalized spacial score (nSPS) is 26.6. The van der Waals surface area contributed by atoms with Crippen LogP contribution in [0, 0.1) is 0 Å². The Bertz CT molecular complexity index is 66.9. The van der Waals surface area contributed by atoms with Crippen LogP contribution < -0.4 is 5.32 Å². The Labute approximate surface area is 50.2 Å². The SMILES string of the molecule is CC(C)NC[C@H]1CO1. The third kappa shape index (κ3) is 2.28. The van der Waals surface area contributed by atoms with Crippen molar-refractivity contribution in [2.24, 2.45) is 0 Å². The minimum absolute atomic E-state index is 0.525. The number of ether oxygens (including phenoxy) is 1. The molecular formula is C6H13NO. The average molecular weight is 115 g/mol. The van der Waals surface area contributed by atoms with Crippen molar-refractivity contribution in [3.63, 3.8) is 0 Å². The van der Waals surface area contributed by atoms with E-state index in [1.165, 1.54) is 0 Å². The molecule has 1 fully saturated rings. The van der Waals surface area contributed by atoms with Crippen molar-refractivity contribution in [1.82, 2.24) is 5.32 Å². The Morgan fingerprint density at radius 3 is 2.75 bits per heavy atom. The standard InChI is InChI=1S/C6H13NO/c1-5(2)7-3-6-4-8-6/h5-7H,3-4H2,1-2H3/t6-/m0/s1. The molecule has 0 unspecified atom stereocenters. The maximum Gasteiger partial charge on any atom is 0.0934 e. The zero-order valence-electron chi connectivity index (χ0n) is 5.48. The molecule has 1 heterocycles.